The van der Waals surface area contributed by atoms with E-state index in [4.69, 9.17) is 0 Å². The lowest BCUT2D eigenvalue weighted by Gasteiger charge is -2.37. The molecule has 1 fully saturated rings. The van der Waals surface area contributed by atoms with Crippen molar-refractivity contribution in [1.29, 1.82) is 0 Å². The lowest BCUT2D eigenvalue weighted by Crippen LogP contribution is -2.53. The van der Waals surface area contributed by atoms with E-state index in [0.717, 1.165) is 47.0 Å². The second kappa shape index (κ2) is 18.7. The zero-order valence-electron chi connectivity index (χ0n) is 33.7. The van der Waals surface area contributed by atoms with Crippen molar-refractivity contribution in [2.24, 2.45) is 5.41 Å². The maximum Gasteiger partial charge on any atom is 0.250 e. The summed E-state index contributed by atoms with van der Waals surface area (Å²) in [4.78, 5) is 73.6. The molecule has 0 spiro atoms. The van der Waals surface area contributed by atoms with E-state index in [1.165, 1.54) is 0 Å². The number of anilines is 2. The molecule has 11 nitrogen and oxygen atoms in total. The minimum absolute atomic E-state index is 0.0506. The van der Waals surface area contributed by atoms with E-state index in [0.29, 0.717) is 36.4 Å². The van der Waals surface area contributed by atoms with Crippen LogP contribution < -0.4 is 16.0 Å². The molecule has 1 aliphatic heterocycles. The van der Waals surface area contributed by atoms with Gasteiger partial charge in [-0.05, 0) is 90.8 Å². The van der Waals surface area contributed by atoms with Gasteiger partial charge < -0.3 is 30.7 Å². The van der Waals surface area contributed by atoms with Gasteiger partial charge >= 0.3 is 0 Å². The maximum atomic E-state index is 14.2. The number of carbonyl (C=O) groups is 5. The van der Waals surface area contributed by atoms with Gasteiger partial charge in [-0.15, -0.1) is 0 Å². The van der Waals surface area contributed by atoms with Gasteiger partial charge in [-0.3, -0.25) is 24.0 Å². The Morgan fingerprint density at radius 2 is 1.64 bits per heavy atom. The molecule has 5 amide bonds. The van der Waals surface area contributed by atoms with E-state index in [2.05, 4.69) is 33.1 Å². The van der Waals surface area contributed by atoms with Crippen LogP contribution in [0.3, 0.4) is 0 Å². The summed E-state index contributed by atoms with van der Waals surface area (Å²) in [5.74, 6) is -1.20. The van der Waals surface area contributed by atoms with Crippen molar-refractivity contribution in [3.8, 4) is 11.3 Å². The van der Waals surface area contributed by atoms with Gasteiger partial charge in [0, 0.05) is 53.0 Å². The second-order valence-electron chi connectivity index (χ2n) is 16.1. The van der Waals surface area contributed by atoms with Crippen LogP contribution >= 0.6 is 0 Å². The van der Waals surface area contributed by atoms with Crippen LogP contribution in [-0.2, 0) is 30.4 Å². The SMILES string of the molecule is CCCN(CC(=O)Nc1ccc(-c2cc3cc(NC(=O)C4CCCCN4C(=O)C(NC(=O)CC(C)(C)C)c4ccccc4)ccc3[nH]2)cc1)C(=O)Cc1c#cccc1. The number of likely N-dealkylation sites (tertiary alicyclic amines) is 1. The molecular formula is C47H52N6O5. The van der Waals surface area contributed by atoms with Gasteiger partial charge in [-0.25, -0.2) is 0 Å². The Morgan fingerprint density at radius 3 is 2.34 bits per heavy atom. The van der Waals surface area contributed by atoms with E-state index in [-0.39, 0.29) is 54.3 Å². The van der Waals surface area contributed by atoms with Crippen LogP contribution in [-0.4, -0.2) is 70.0 Å². The Hall–Kier alpha value is -6.41. The summed E-state index contributed by atoms with van der Waals surface area (Å²) in [7, 11) is 0. The van der Waals surface area contributed by atoms with Gasteiger partial charge in [0.05, 0.1) is 13.0 Å². The third kappa shape index (κ3) is 10.9. The molecule has 1 aliphatic rings. The van der Waals surface area contributed by atoms with Crippen LogP contribution in [0.1, 0.15) is 77.0 Å². The molecule has 6 rings (SSSR count). The predicted octanol–water partition coefficient (Wildman–Crippen LogP) is 7.47. The van der Waals surface area contributed by atoms with Gasteiger partial charge in [0.1, 0.15) is 12.1 Å². The summed E-state index contributed by atoms with van der Waals surface area (Å²) in [5, 5.41) is 9.81. The molecule has 0 aliphatic carbocycles. The molecule has 5 aromatic rings. The van der Waals surface area contributed by atoms with Crippen molar-refractivity contribution in [2.45, 2.75) is 78.3 Å². The summed E-state index contributed by atoms with van der Waals surface area (Å²) in [6.45, 7) is 8.74. The summed E-state index contributed by atoms with van der Waals surface area (Å²) in [6.07, 6.45) is 3.24. The predicted molar refractivity (Wildman–Crippen MR) is 226 cm³/mol. The number of amides is 5. The first-order valence-electron chi connectivity index (χ1n) is 20.0. The average Bonchev–Trinajstić information content (AvgIpc) is 3.63. The van der Waals surface area contributed by atoms with Crippen molar-refractivity contribution in [1.82, 2.24) is 20.1 Å². The normalized spacial score (nSPS) is 14.6. The summed E-state index contributed by atoms with van der Waals surface area (Å²) in [5.41, 5.74) is 5.00. The lowest BCUT2D eigenvalue weighted by atomic mass is 9.91. The zero-order valence-corrected chi connectivity index (χ0v) is 33.7. The van der Waals surface area contributed by atoms with E-state index in [1.54, 1.807) is 15.9 Å². The fourth-order valence-corrected chi connectivity index (χ4v) is 7.29. The first kappa shape index (κ1) is 41.2. The number of aromatic amines is 1. The molecule has 2 atom stereocenters. The van der Waals surface area contributed by atoms with E-state index in [9.17, 15) is 24.0 Å². The third-order valence-corrected chi connectivity index (χ3v) is 10.1. The molecule has 0 saturated carbocycles. The van der Waals surface area contributed by atoms with Gasteiger partial charge in [0.15, 0.2) is 0 Å². The van der Waals surface area contributed by atoms with Crippen LogP contribution in [0.25, 0.3) is 22.2 Å². The first-order chi connectivity index (χ1) is 27.9. The highest BCUT2D eigenvalue weighted by Gasteiger charge is 2.37. The molecule has 4 N–H and O–H groups in total. The minimum atomic E-state index is -0.903. The fourth-order valence-electron chi connectivity index (χ4n) is 7.29. The number of piperidine rings is 1. The highest BCUT2D eigenvalue weighted by Crippen LogP contribution is 2.29. The standard InChI is InChI=1S/C47H52N6O5/c1-5-25-52(43(56)27-32-14-8-6-9-15-32)31-42(55)48-36-21-19-33(20-22-36)39-29-35-28-37(23-24-38(35)50-39)49-45(57)40-18-12-13-26-53(40)46(58)44(34-16-10-7-11-17-34)51-41(54)30-47(2,3)4/h6-8,10-11,14,16-17,19-24,28-29,40,44,50H,5,12-13,18,25-27,30-31H2,1-4H3,(H,48,55)(H,49,57)(H,51,54). The highest BCUT2D eigenvalue weighted by molar-refractivity contribution is 6.00. The van der Waals surface area contributed by atoms with Crippen molar-refractivity contribution in [3.63, 3.8) is 0 Å². The molecule has 58 heavy (non-hydrogen) atoms. The molecule has 4 aromatic carbocycles. The summed E-state index contributed by atoms with van der Waals surface area (Å²) >= 11 is 0. The number of nitrogens with one attached hydrogen (secondary N) is 4. The summed E-state index contributed by atoms with van der Waals surface area (Å²) in [6, 6.07) is 33.8. The number of nitrogens with zero attached hydrogens (tertiary/aromatic N) is 2. The molecule has 300 valence electrons. The van der Waals surface area contributed by atoms with E-state index < -0.39 is 12.1 Å². The Morgan fingerprint density at radius 1 is 0.879 bits per heavy atom. The number of aromatic nitrogens is 1. The topological polar surface area (TPSA) is 144 Å². The Labute approximate surface area is 340 Å². The van der Waals surface area contributed by atoms with Gasteiger partial charge in [-0.2, -0.15) is 0 Å². The zero-order chi connectivity index (χ0) is 41.2. The van der Waals surface area contributed by atoms with E-state index in [1.807, 2.05) is 119 Å². The molecule has 2 unspecified atom stereocenters. The quantitative estimate of drug-likeness (QED) is 0.0925. The molecule has 11 heteroatoms. The fraction of sp³-hybridized carbons (Fsp3) is 0.340. The van der Waals surface area contributed by atoms with Crippen LogP contribution in [0.5, 0.6) is 0 Å². The number of rotatable bonds is 14. The summed E-state index contributed by atoms with van der Waals surface area (Å²) < 4.78 is 0. The van der Waals surface area contributed by atoms with Crippen molar-refractivity contribution in [2.75, 3.05) is 30.3 Å². The molecule has 1 saturated heterocycles. The van der Waals surface area contributed by atoms with Crippen molar-refractivity contribution >= 4 is 51.8 Å². The number of H-pyrrole nitrogens is 1. The number of carbonyl (C=O) groups excluding carboxylic acids is 5. The Balaban J connectivity index is 1.09. The number of benzene rings is 3. The smallest absolute Gasteiger partial charge is 0.250 e. The lowest BCUT2D eigenvalue weighted by molar-refractivity contribution is -0.143. The third-order valence-electron chi connectivity index (χ3n) is 10.1. The van der Waals surface area contributed by atoms with Crippen LogP contribution in [0, 0.1) is 17.5 Å². The van der Waals surface area contributed by atoms with E-state index >= 15 is 0 Å². The van der Waals surface area contributed by atoms with Crippen LogP contribution in [0.4, 0.5) is 11.4 Å². The largest absolute Gasteiger partial charge is 0.355 e. The monoisotopic (exact) mass is 780 g/mol. The van der Waals surface area contributed by atoms with Crippen molar-refractivity contribution in [3.05, 3.63) is 120 Å². The minimum Gasteiger partial charge on any atom is -0.355 e. The number of hydrogen-bond donors (Lipinski definition) is 4. The number of fused-ring (bicyclic) bond motifs is 1. The second-order valence-corrected chi connectivity index (χ2v) is 16.1. The molecule has 0 radical (unpaired) electrons. The van der Waals surface area contributed by atoms with Crippen LogP contribution in [0.2, 0.25) is 0 Å². The maximum absolute atomic E-state index is 14.2. The van der Waals surface area contributed by atoms with Crippen LogP contribution in [0.15, 0.2) is 97.1 Å². The highest BCUT2D eigenvalue weighted by atomic mass is 16.2. The first-order valence-corrected chi connectivity index (χ1v) is 20.0. The number of hydrogen-bond acceptors (Lipinski definition) is 5. The molecule has 0 bridgehead atoms. The molecular weight excluding hydrogens is 729 g/mol. The molecule has 1 aromatic heterocycles. The van der Waals surface area contributed by atoms with Gasteiger partial charge in [0.2, 0.25) is 29.5 Å². The Kier molecular flexibility index (Phi) is 13.3. The van der Waals surface area contributed by atoms with Gasteiger partial charge in [-0.1, -0.05) is 88.4 Å². The average molecular weight is 781 g/mol. The van der Waals surface area contributed by atoms with Gasteiger partial charge in [0.25, 0.3) is 0 Å². The van der Waals surface area contributed by atoms with Crippen molar-refractivity contribution < 1.29 is 24.0 Å². The molecule has 2 heterocycles. The Bertz CT molecular complexity index is 2210.